The van der Waals surface area contributed by atoms with Gasteiger partial charge in [-0.25, -0.2) is 0 Å². The molecule has 1 amide bonds. The van der Waals surface area contributed by atoms with Crippen LogP contribution in [0.15, 0.2) is 4.52 Å². The summed E-state index contributed by atoms with van der Waals surface area (Å²) in [5.41, 5.74) is 0. The average molecular weight is 194 g/mol. The summed E-state index contributed by atoms with van der Waals surface area (Å²) in [5, 5.41) is 14.4. The molecule has 14 heavy (non-hydrogen) atoms. The summed E-state index contributed by atoms with van der Waals surface area (Å²) >= 11 is 0. The summed E-state index contributed by atoms with van der Waals surface area (Å²) in [7, 11) is 0. The molecule has 6 heteroatoms. The maximum absolute atomic E-state index is 10.8. The Hall–Kier alpha value is -1.90. The normalized spacial score (nSPS) is 9.43. The van der Waals surface area contributed by atoms with Crippen LogP contribution < -0.4 is 5.32 Å². The third kappa shape index (κ3) is 3.23. The van der Waals surface area contributed by atoms with Gasteiger partial charge < -0.3 is 9.84 Å². The Balaban J connectivity index is 2.22. The lowest BCUT2D eigenvalue weighted by atomic mass is 10.4. The number of nitrogens with zero attached hydrogens (tertiary/aromatic N) is 3. The lowest BCUT2D eigenvalue weighted by Gasteiger charge is -1.98. The van der Waals surface area contributed by atoms with E-state index in [1.807, 2.05) is 0 Å². The van der Waals surface area contributed by atoms with E-state index in [9.17, 15) is 4.79 Å². The van der Waals surface area contributed by atoms with Gasteiger partial charge in [-0.3, -0.25) is 4.79 Å². The fraction of sp³-hybridized carbons (Fsp3) is 0.500. The third-order valence-electron chi connectivity index (χ3n) is 1.47. The van der Waals surface area contributed by atoms with Gasteiger partial charge in [0.1, 0.15) is 6.42 Å². The second-order valence-electron chi connectivity index (χ2n) is 2.67. The van der Waals surface area contributed by atoms with Gasteiger partial charge in [-0.15, -0.1) is 0 Å². The van der Waals surface area contributed by atoms with Crippen molar-refractivity contribution in [2.45, 2.75) is 19.8 Å². The topological polar surface area (TPSA) is 91.8 Å². The number of aromatic nitrogens is 2. The number of rotatable bonds is 4. The number of hydrogen-bond acceptors (Lipinski definition) is 5. The molecule has 1 aromatic rings. The van der Waals surface area contributed by atoms with Gasteiger partial charge in [-0.2, -0.15) is 10.2 Å². The van der Waals surface area contributed by atoms with Crippen LogP contribution >= 0.6 is 0 Å². The van der Waals surface area contributed by atoms with E-state index in [1.54, 1.807) is 13.0 Å². The number of aryl methyl sites for hydroxylation is 1. The van der Waals surface area contributed by atoms with E-state index >= 15 is 0 Å². The van der Waals surface area contributed by atoms with Gasteiger partial charge in [-0.05, 0) is 6.92 Å². The number of nitriles is 1. The number of nitrogens with one attached hydrogen (secondary N) is 1. The molecule has 0 radical (unpaired) electrons. The molecule has 0 bridgehead atoms. The van der Waals surface area contributed by atoms with Crippen LogP contribution in [0.4, 0.5) is 0 Å². The van der Waals surface area contributed by atoms with Crippen molar-refractivity contribution in [3.63, 3.8) is 0 Å². The molecule has 0 saturated heterocycles. The Kier molecular flexibility index (Phi) is 3.61. The average Bonchev–Trinajstić information content (AvgIpc) is 2.52. The number of carbonyl (C=O) groups is 1. The highest BCUT2D eigenvalue weighted by molar-refractivity contribution is 5.77. The molecule has 1 N–H and O–H groups in total. The smallest absolute Gasteiger partial charge is 0.234 e. The van der Waals surface area contributed by atoms with Gasteiger partial charge in [0, 0.05) is 13.0 Å². The van der Waals surface area contributed by atoms with Crippen LogP contribution in [0.25, 0.3) is 0 Å². The van der Waals surface area contributed by atoms with Crippen LogP contribution in [0.2, 0.25) is 0 Å². The minimum absolute atomic E-state index is 0.122. The molecule has 0 aliphatic rings. The highest BCUT2D eigenvalue weighted by Crippen LogP contribution is 1.95. The number of amides is 1. The minimum Gasteiger partial charge on any atom is -0.355 e. The second-order valence-corrected chi connectivity index (χ2v) is 2.67. The van der Waals surface area contributed by atoms with Crippen LogP contribution in [0.3, 0.4) is 0 Å². The third-order valence-corrected chi connectivity index (χ3v) is 1.47. The Morgan fingerprint density at radius 3 is 3.07 bits per heavy atom. The molecule has 1 heterocycles. The largest absolute Gasteiger partial charge is 0.355 e. The predicted octanol–water partition coefficient (Wildman–Crippen LogP) is -0.0496. The maximum atomic E-state index is 10.8. The summed E-state index contributed by atoms with van der Waals surface area (Å²) in [4.78, 5) is 14.8. The monoisotopic (exact) mass is 194 g/mol. The highest BCUT2D eigenvalue weighted by Gasteiger charge is 2.03. The standard InChI is InChI=1S/C8H10N4O2/c1-6-11-8(14-12-6)3-5-10-7(13)2-4-9/h2-3,5H2,1H3,(H,10,13). The van der Waals surface area contributed by atoms with Crippen LogP contribution in [0.1, 0.15) is 18.1 Å². The van der Waals surface area contributed by atoms with Crippen molar-refractivity contribution < 1.29 is 9.32 Å². The van der Waals surface area contributed by atoms with Crippen molar-refractivity contribution in [3.05, 3.63) is 11.7 Å². The van der Waals surface area contributed by atoms with E-state index in [4.69, 9.17) is 9.78 Å². The van der Waals surface area contributed by atoms with Crippen LogP contribution in [0.5, 0.6) is 0 Å². The SMILES string of the molecule is Cc1noc(CCNC(=O)CC#N)n1. The van der Waals surface area contributed by atoms with Crippen molar-refractivity contribution in [1.82, 2.24) is 15.5 Å². The van der Waals surface area contributed by atoms with Crippen LogP contribution in [0, 0.1) is 18.3 Å². The Labute approximate surface area is 80.9 Å². The van der Waals surface area contributed by atoms with Gasteiger partial charge in [0.05, 0.1) is 6.07 Å². The first-order valence-electron chi connectivity index (χ1n) is 4.15. The molecule has 0 aliphatic carbocycles. The second kappa shape index (κ2) is 4.97. The molecule has 0 aliphatic heterocycles. The zero-order chi connectivity index (χ0) is 10.4. The molecule has 6 nitrogen and oxygen atoms in total. The molecule has 0 aromatic carbocycles. The van der Waals surface area contributed by atoms with Crippen molar-refractivity contribution in [1.29, 1.82) is 5.26 Å². The minimum atomic E-state index is -0.288. The molecule has 0 saturated carbocycles. The molecular weight excluding hydrogens is 184 g/mol. The van der Waals surface area contributed by atoms with Gasteiger partial charge in [0.15, 0.2) is 5.82 Å². The first kappa shape index (κ1) is 10.2. The quantitative estimate of drug-likeness (QED) is 0.725. The lowest BCUT2D eigenvalue weighted by molar-refractivity contribution is -0.120. The maximum Gasteiger partial charge on any atom is 0.234 e. The summed E-state index contributed by atoms with van der Waals surface area (Å²) in [6.45, 7) is 2.13. The molecule has 0 atom stereocenters. The molecular formula is C8H10N4O2. The summed E-state index contributed by atoms with van der Waals surface area (Å²) in [5.74, 6) is 0.770. The van der Waals surface area contributed by atoms with Crippen molar-refractivity contribution in [2.24, 2.45) is 0 Å². The van der Waals surface area contributed by atoms with Crippen LogP contribution in [-0.4, -0.2) is 22.6 Å². The summed E-state index contributed by atoms with van der Waals surface area (Å²) in [6.07, 6.45) is 0.362. The first-order valence-corrected chi connectivity index (χ1v) is 4.15. The molecule has 1 rings (SSSR count). The van der Waals surface area contributed by atoms with E-state index in [-0.39, 0.29) is 12.3 Å². The fourth-order valence-electron chi connectivity index (χ4n) is 0.885. The number of carbonyl (C=O) groups excluding carboxylic acids is 1. The summed E-state index contributed by atoms with van der Waals surface area (Å²) in [6, 6.07) is 1.76. The van der Waals surface area contributed by atoms with Gasteiger partial charge >= 0.3 is 0 Å². The zero-order valence-corrected chi connectivity index (χ0v) is 7.78. The van der Waals surface area contributed by atoms with Gasteiger partial charge in [0.25, 0.3) is 0 Å². The molecule has 1 aromatic heterocycles. The molecule has 0 fully saturated rings. The van der Waals surface area contributed by atoms with Crippen molar-refractivity contribution in [3.8, 4) is 6.07 Å². The van der Waals surface area contributed by atoms with Crippen molar-refractivity contribution in [2.75, 3.05) is 6.54 Å². The van der Waals surface area contributed by atoms with Crippen LogP contribution in [-0.2, 0) is 11.2 Å². The zero-order valence-electron chi connectivity index (χ0n) is 7.78. The Morgan fingerprint density at radius 2 is 2.50 bits per heavy atom. The van der Waals surface area contributed by atoms with E-state index in [0.29, 0.717) is 24.7 Å². The molecule has 74 valence electrons. The molecule has 0 spiro atoms. The van der Waals surface area contributed by atoms with Gasteiger partial charge in [0.2, 0.25) is 11.8 Å². The van der Waals surface area contributed by atoms with E-state index in [1.165, 1.54) is 0 Å². The first-order chi connectivity index (χ1) is 6.72. The van der Waals surface area contributed by atoms with Crippen molar-refractivity contribution >= 4 is 5.91 Å². The number of hydrogen-bond donors (Lipinski definition) is 1. The van der Waals surface area contributed by atoms with E-state index < -0.39 is 0 Å². The lowest BCUT2D eigenvalue weighted by Crippen LogP contribution is -2.24. The molecule has 0 unspecified atom stereocenters. The highest BCUT2D eigenvalue weighted by atomic mass is 16.5. The van der Waals surface area contributed by atoms with E-state index in [0.717, 1.165) is 0 Å². The Bertz CT molecular complexity index is 352. The Morgan fingerprint density at radius 1 is 1.71 bits per heavy atom. The van der Waals surface area contributed by atoms with E-state index in [2.05, 4.69) is 15.5 Å². The summed E-state index contributed by atoms with van der Waals surface area (Å²) < 4.78 is 4.83. The van der Waals surface area contributed by atoms with Gasteiger partial charge in [-0.1, -0.05) is 5.16 Å². The predicted molar refractivity (Wildman–Crippen MR) is 46.0 cm³/mol. The fourth-order valence-corrected chi connectivity index (χ4v) is 0.885.